The van der Waals surface area contributed by atoms with E-state index in [1.807, 2.05) is 23.3 Å². The average Bonchev–Trinajstić information content (AvgIpc) is 3.00. The zero-order valence-electron chi connectivity index (χ0n) is 14.6. The van der Waals surface area contributed by atoms with Crippen LogP contribution in [-0.4, -0.2) is 31.2 Å². The number of thiazole rings is 1. The molecule has 9 heteroatoms. The number of nitrogens with one attached hydrogen (secondary N) is 1. The fraction of sp³-hybridized carbons (Fsp3) is 0.412. The molecule has 3 aromatic rings. The lowest BCUT2D eigenvalue weighted by molar-refractivity contribution is 0.278. The van der Waals surface area contributed by atoms with E-state index < -0.39 is 0 Å². The van der Waals surface area contributed by atoms with Crippen LogP contribution < -0.4 is 15.6 Å². The fourth-order valence-electron chi connectivity index (χ4n) is 2.91. The van der Waals surface area contributed by atoms with E-state index in [2.05, 4.69) is 26.6 Å². The lowest BCUT2D eigenvalue weighted by Gasteiger charge is -2.10. The van der Waals surface area contributed by atoms with E-state index in [0.29, 0.717) is 36.6 Å². The van der Waals surface area contributed by atoms with Gasteiger partial charge in [0.15, 0.2) is 0 Å². The highest BCUT2D eigenvalue weighted by atomic mass is 32.1. The topological polar surface area (TPSA) is 86.9 Å². The van der Waals surface area contributed by atoms with Crippen LogP contribution in [0.1, 0.15) is 23.0 Å². The summed E-state index contributed by atoms with van der Waals surface area (Å²) in [5.41, 5.74) is 1.39. The molecule has 0 aliphatic heterocycles. The third-order valence-corrected chi connectivity index (χ3v) is 5.22. The van der Waals surface area contributed by atoms with Crippen molar-refractivity contribution in [2.75, 3.05) is 11.9 Å². The number of aromatic nitrogens is 5. The Balaban J connectivity index is 1.38. The van der Waals surface area contributed by atoms with E-state index in [4.69, 9.17) is 4.74 Å². The Morgan fingerprint density at radius 1 is 1.38 bits per heavy atom. The van der Waals surface area contributed by atoms with Crippen LogP contribution in [0.3, 0.4) is 0 Å². The summed E-state index contributed by atoms with van der Waals surface area (Å²) >= 11 is 1.54. The van der Waals surface area contributed by atoms with E-state index in [1.165, 1.54) is 4.68 Å². The van der Waals surface area contributed by atoms with E-state index in [9.17, 15) is 4.79 Å². The summed E-state index contributed by atoms with van der Waals surface area (Å²) in [6.07, 6.45) is 4.77. The highest BCUT2D eigenvalue weighted by molar-refractivity contribution is 7.09. The van der Waals surface area contributed by atoms with Gasteiger partial charge in [0.25, 0.3) is 5.56 Å². The van der Waals surface area contributed by atoms with Crippen LogP contribution in [-0.2, 0) is 20.6 Å². The first-order chi connectivity index (χ1) is 12.6. The zero-order valence-corrected chi connectivity index (χ0v) is 15.4. The number of hydrogen-bond acceptors (Lipinski definition) is 7. The maximum Gasteiger partial charge on any atom is 0.290 e. The molecule has 0 saturated heterocycles. The van der Waals surface area contributed by atoms with Gasteiger partial charge in [-0.1, -0.05) is 0 Å². The van der Waals surface area contributed by atoms with Gasteiger partial charge >= 0.3 is 0 Å². The minimum absolute atomic E-state index is 0.188. The Labute approximate surface area is 154 Å². The number of aryl methyl sites for hydroxylation is 2. The van der Waals surface area contributed by atoms with Crippen LogP contribution in [0, 0.1) is 5.92 Å². The molecule has 26 heavy (non-hydrogen) atoms. The molecular formula is C17H20N6O2S. The molecule has 2 atom stereocenters. The van der Waals surface area contributed by atoms with Crippen molar-refractivity contribution in [3.8, 4) is 5.88 Å². The van der Waals surface area contributed by atoms with Gasteiger partial charge in [0.1, 0.15) is 10.7 Å². The minimum atomic E-state index is -0.188. The molecule has 3 aromatic heterocycles. The summed E-state index contributed by atoms with van der Waals surface area (Å²) in [6, 6.07) is 3.71. The molecule has 1 N–H and O–H groups in total. The Bertz CT molecular complexity index is 949. The van der Waals surface area contributed by atoms with Crippen LogP contribution in [0.4, 0.5) is 5.69 Å². The van der Waals surface area contributed by atoms with Gasteiger partial charge in [-0.15, -0.1) is 16.4 Å². The maximum atomic E-state index is 12.2. The molecule has 0 bridgehead atoms. The van der Waals surface area contributed by atoms with Crippen molar-refractivity contribution < 1.29 is 4.74 Å². The molecule has 0 spiro atoms. The molecule has 1 fully saturated rings. The molecule has 1 saturated carbocycles. The van der Waals surface area contributed by atoms with E-state index >= 15 is 0 Å². The van der Waals surface area contributed by atoms with E-state index in [-0.39, 0.29) is 5.56 Å². The Kier molecular flexibility index (Phi) is 4.46. The van der Waals surface area contributed by atoms with Gasteiger partial charge in [0.05, 0.1) is 18.8 Å². The molecular weight excluding hydrogens is 352 g/mol. The lowest BCUT2D eigenvalue weighted by atomic mass is 10.2. The monoisotopic (exact) mass is 372 g/mol. The first kappa shape index (κ1) is 16.8. The second-order valence-corrected chi connectivity index (χ2v) is 7.41. The summed E-state index contributed by atoms with van der Waals surface area (Å²) in [5, 5.41) is 14.6. The van der Waals surface area contributed by atoms with Gasteiger partial charge in [0, 0.05) is 49.8 Å². The molecule has 0 aromatic carbocycles. The largest absolute Gasteiger partial charge is 0.476 e. The predicted molar refractivity (Wildman–Crippen MR) is 98.5 cm³/mol. The number of anilines is 1. The van der Waals surface area contributed by atoms with Crippen LogP contribution in [0.5, 0.6) is 5.88 Å². The van der Waals surface area contributed by atoms with Gasteiger partial charge in [-0.3, -0.25) is 9.48 Å². The third kappa shape index (κ3) is 3.62. The lowest BCUT2D eigenvalue weighted by Crippen LogP contribution is -2.24. The molecule has 0 radical (unpaired) electrons. The quantitative estimate of drug-likeness (QED) is 0.680. The smallest absolute Gasteiger partial charge is 0.290 e. The van der Waals surface area contributed by atoms with Gasteiger partial charge in [-0.05, 0) is 12.5 Å². The average molecular weight is 372 g/mol. The van der Waals surface area contributed by atoms with Crippen molar-refractivity contribution in [3.05, 3.63) is 51.0 Å². The summed E-state index contributed by atoms with van der Waals surface area (Å²) in [7, 11) is 3.55. The van der Waals surface area contributed by atoms with Crippen LogP contribution in [0.25, 0.3) is 0 Å². The number of ether oxygens (including phenoxy) is 1. The summed E-state index contributed by atoms with van der Waals surface area (Å²) in [4.78, 5) is 16.4. The summed E-state index contributed by atoms with van der Waals surface area (Å²) < 4.78 is 8.96. The SMILES string of the molecule is Cn1ccc([C@H]2C[C@@H]2COc2cc(NCc3nccs3)c(=O)n(C)n2)n1. The summed E-state index contributed by atoms with van der Waals surface area (Å²) in [6.45, 7) is 1.07. The normalized spacial score (nSPS) is 18.7. The first-order valence-corrected chi connectivity index (χ1v) is 9.31. The molecule has 0 unspecified atom stereocenters. The standard InChI is InChI=1S/C17H20N6O2S/c1-22-5-3-13(20-22)12-7-11(12)10-25-15-8-14(17(24)23(2)21-15)19-9-16-18-4-6-26-16/h3-6,8,11-12,19H,7,9-10H2,1-2H3/t11-,12+/m1/s1. The van der Waals surface area contributed by atoms with Crippen molar-refractivity contribution in [1.29, 1.82) is 0 Å². The van der Waals surface area contributed by atoms with Gasteiger partial charge in [-0.25, -0.2) is 9.67 Å². The molecule has 0 amide bonds. The third-order valence-electron chi connectivity index (χ3n) is 4.44. The number of nitrogens with zero attached hydrogens (tertiary/aromatic N) is 5. The zero-order chi connectivity index (χ0) is 18.1. The van der Waals surface area contributed by atoms with Gasteiger partial charge in [-0.2, -0.15) is 5.10 Å². The summed E-state index contributed by atoms with van der Waals surface area (Å²) in [5.74, 6) is 1.34. The minimum Gasteiger partial charge on any atom is -0.476 e. The van der Waals surface area contributed by atoms with Crippen molar-refractivity contribution in [2.24, 2.45) is 20.0 Å². The number of hydrogen-bond donors (Lipinski definition) is 1. The van der Waals surface area contributed by atoms with E-state index in [1.54, 1.807) is 30.6 Å². The van der Waals surface area contributed by atoms with Crippen LogP contribution in [0.15, 0.2) is 34.7 Å². The highest BCUT2D eigenvalue weighted by Gasteiger charge is 2.40. The highest BCUT2D eigenvalue weighted by Crippen LogP contribution is 2.46. The van der Waals surface area contributed by atoms with Crippen molar-refractivity contribution in [1.82, 2.24) is 24.5 Å². The van der Waals surface area contributed by atoms with Gasteiger partial charge < -0.3 is 10.1 Å². The van der Waals surface area contributed by atoms with Crippen LogP contribution in [0.2, 0.25) is 0 Å². The number of rotatable bonds is 7. The van der Waals surface area contributed by atoms with Gasteiger partial charge in [0.2, 0.25) is 5.88 Å². The Morgan fingerprint density at radius 2 is 2.27 bits per heavy atom. The fourth-order valence-corrected chi connectivity index (χ4v) is 3.46. The predicted octanol–water partition coefficient (Wildman–Crippen LogP) is 1.76. The maximum absolute atomic E-state index is 12.2. The van der Waals surface area contributed by atoms with Crippen molar-refractivity contribution >= 4 is 17.0 Å². The second-order valence-electron chi connectivity index (χ2n) is 6.43. The molecule has 1 aliphatic rings. The molecule has 8 nitrogen and oxygen atoms in total. The Hall–Kier alpha value is -2.68. The van der Waals surface area contributed by atoms with E-state index in [0.717, 1.165) is 17.1 Å². The Morgan fingerprint density at radius 3 is 3.00 bits per heavy atom. The van der Waals surface area contributed by atoms with Crippen molar-refractivity contribution in [2.45, 2.75) is 18.9 Å². The second kappa shape index (κ2) is 6.91. The molecule has 136 valence electrons. The molecule has 3 heterocycles. The first-order valence-electron chi connectivity index (χ1n) is 8.43. The van der Waals surface area contributed by atoms with Crippen molar-refractivity contribution in [3.63, 3.8) is 0 Å². The van der Waals surface area contributed by atoms with Crippen LogP contribution >= 0.6 is 11.3 Å². The molecule has 1 aliphatic carbocycles. The molecule has 4 rings (SSSR count).